The number of para-hydroxylation sites is 1. The van der Waals surface area contributed by atoms with Gasteiger partial charge in [-0.05, 0) is 36.2 Å². The molecule has 0 aliphatic rings. The van der Waals surface area contributed by atoms with Gasteiger partial charge < -0.3 is 14.8 Å². The van der Waals surface area contributed by atoms with E-state index in [4.69, 9.17) is 9.47 Å². The molecule has 0 aliphatic heterocycles. The lowest BCUT2D eigenvalue weighted by Gasteiger charge is -2.14. The first-order chi connectivity index (χ1) is 15.8. The predicted octanol–water partition coefficient (Wildman–Crippen LogP) is 5.15. The maximum Gasteiger partial charge on any atom is 0.434 e. The summed E-state index contributed by atoms with van der Waals surface area (Å²) in [5.41, 5.74) is -1.88. The van der Waals surface area contributed by atoms with Crippen molar-refractivity contribution in [1.29, 1.82) is 0 Å². The summed E-state index contributed by atoms with van der Waals surface area (Å²) in [5.74, 6) is -0.911. The number of nitrogens with zero attached hydrogens (tertiary/aromatic N) is 2. The summed E-state index contributed by atoms with van der Waals surface area (Å²) < 4.78 is 66.7. The number of amides is 1. The third kappa shape index (κ3) is 5.63. The number of halogens is 4. The Balaban J connectivity index is 1.80. The van der Waals surface area contributed by atoms with Gasteiger partial charge in [0.1, 0.15) is 11.5 Å². The van der Waals surface area contributed by atoms with Gasteiger partial charge in [0.2, 0.25) is 0 Å². The standard InChI is InChI=1S/C23H23F4N3O3/c1-3-4-11-33-19-10-9-15(12-20(19)32-2)13-28-22(31)16-14-29-30(21(16)23(25,26)27)18-8-6-5-7-17(18)24/h5-10,12,14H,3-4,11,13H2,1-2H3,(H,28,31). The lowest BCUT2D eigenvalue weighted by Crippen LogP contribution is -2.26. The summed E-state index contributed by atoms with van der Waals surface area (Å²) in [6.07, 6.45) is -2.31. The smallest absolute Gasteiger partial charge is 0.434 e. The molecule has 6 nitrogen and oxygen atoms in total. The van der Waals surface area contributed by atoms with Crippen LogP contribution in [0.25, 0.3) is 5.69 Å². The highest BCUT2D eigenvalue weighted by atomic mass is 19.4. The van der Waals surface area contributed by atoms with Gasteiger partial charge in [-0.25, -0.2) is 9.07 Å². The maximum atomic E-state index is 14.1. The minimum atomic E-state index is -4.94. The van der Waals surface area contributed by atoms with E-state index in [-0.39, 0.29) is 6.54 Å². The largest absolute Gasteiger partial charge is 0.493 e. The number of rotatable bonds is 9. The highest BCUT2D eigenvalue weighted by molar-refractivity contribution is 5.95. The second kappa shape index (κ2) is 10.4. The van der Waals surface area contributed by atoms with Crippen LogP contribution < -0.4 is 14.8 Å². The molecule has 176 valence electrons. The van der Waals surface area contributed by atoms with Gasteiger partial charge in [0.05, 0.1) is 25.5 Å². The number of hydrogen-bond donors (Lipinski definition) is 1. The first-order valence-corrected chi connectivity index (χ1v) is 10.2. The molecule has 0 atom stereocenters. The molecule has 3 aromatic rings. The van der Waals surface area contributed by atoms with E-state index >= 15 is 0 Å². The van der Waals surface area contributed by atoms with E-state index in [9.17, 15) is 22.4 Å². The van der Waals surface area contributed by atoms with Crippen LogP contribution in [0.15, 0.2) is 48.7 Å². The van der Waals surface area contributed by atoms with Crippen LogP contribution in [0.5, 0.6) is 11.5 Å². The van der Waals surface area contributed by atoms with Gasteiger partial charge in [-0.3, -0.25) is 4.79 Å². The summed E-state index contributed by atoms with van der Waals surface area (Å²) in [6, 6.07) is 9.87. The molecule has 0 fully saturated rings. The highest BCUT2D eigenvalue weighted by Gasteiger charge is 2.41. The second-order valence-electron chi connectivity index (χ2n) is 7.14. The zero-order chi connectivity index (χ0) is 24.0. The summed E-state index contributed by atoms with van der Waals surface area (Å²) in [5, 5.41) is 6.07. The van der Waals surface area contributed by atoms with Crippen molar-refractivity contribution in [2.75, 3.05) is 13.7 Å². The van der Waals surface area contributed by atoms with Crippen molar-refractivity contribution in [1.82, 2.24) is 15.1 Å². The fourth-order valence-corrected chi connectivity index (χ4v) is 3.14. The van der Waals surface area contributed by atoms with E-state index in [1.807, 2.05) is 6.92 Å². The van der Waals surface area contributed by atoms with Gasteiger partial charge in [0.25, 0.3) is 5.91 Å². The Morgan fingerprint density at radius 1 is 1.15 bits per heavy atom. The van der Waals surface area contributed by atoms with Crippen LogP contribution >= 0.6 is 0 Å². The van der Waals surface area contributed by atoms with E-state index < -0.39 is 34.8 Å². The molecule has 0 saturated carbocycles. The molecule has 0 saturated heterocycles. The number of carbonyl (C=O) groups is 1. The Labute approximate surface area is 188 Å². The fraction of sp³-hybridized carbons (Fsp3) is 0.304. The van der Waals surface area contributed by atoms with Crippen LogP contribution in [0.1, 0.15) is 41.4 Å². The summed E-state index contributed by atoms with van der Waals surface area (Å²) in [4.78, 5) is 12.6. The van der Waals surface area contributed by atoms with Gasteiger partial charge in [0, 0.05) is 6.54 Å². The van der Waals surface area contributed by atoms with E-state index in [1.165, 1.54) is 19.2 Å². The molecule has 1 N–H and O–H groups in total. The van der Waals surface area contributed by atoms with Crippen LogP contribution in [0.3, 0.4) is 0 Å². The molecule has 0 bridgehead atoms. The zero-order valence-corrected chi connectivity index (χ0v) is 18.1. The lowest BCUT2D eigenvalue weighted by molar-refractivity contribution is -0.143. The molecule has 10 heteroatoms. The van der Waals surface area contributed by atoms with Crippen LogP contribution in [-0.4, -0.2) is 29.4 Å². The van der Waals surface area contributed by atoms with Crippen molar-refractivity contribution in [3.63, 3.8) is 0 Å². The minimum Gasteiger partial charge on any atom is -0.493 e. The second-order valence-corrected chi connectivity index (χ2v) is 7.14. The number of ether oxygens (including phenoxy) is 2. The van der Waals surface area contributed by atoms with Gasteiger partial charge >= 0.3 is 6.18 Å². The number of methoxy groups -OCH3 is 1. The van der Waals surface area contributed by atoms with Crippen LogP contribution in [-0.2, 0) is 12.7 Å². The van der Waals surface area contributed by atoms with Crippen LogP contribution in [0.4, 0.5) is 17.6 Å². The summed E-state index contributed by atoms with van der Waals surface area (Å²) in [7, 11) is 1.47. The van der Waals surface area contributed by atoms with Gasteiger partial charge in [-0.1, -0.05) is 31.5 Å². The van der Waals surface area contributed by atoms with Crippen molar-refractivity contribution in [2.24, 2.45) is 0 Å². The number of alkyl halides is 3. The van der Waals surface area contributed by atoms with Crippen molar-refractivity contribution in [3.8, 4) is 17.2 Å². The van der Waals surface area contributed by atoms with Gasteiger partial charge in [-0.2, -0.15) is 18.3 Å². The molecule has 0 unspecified atom stereocenters. The zero-order valence-electron chi connectivity index (χ0n) is 18.1. The minimum absolute atomic E-state index is 0.0629. The molecule has 1 heterocycles. The summed E-state index contributed by atoms with van der Waals surface area (Å²) >= 11 is 0. The van der Waals surface area contributed by atoms with Crippen LogP contribution in [0.2, 0.25) is 0 Å². The normalized spacial score (nSPS) is 11.3. The SMILES string of the molecule is CCCCOc1ccc(CNC(=O)c2cnn(-c3ccccc3F)c2C(F)(F)F)cc1OC. The highest BCUT2D eigenvalue weighted by Crippen LogP contribution is 2.34. The third-order valence-corrected chi connectivity index (χ3v) is 4.80. The number of carbonyl (C=O) groups excluding carboxylic acids is 1. The monoisotopic (exact) mass is 465 g/mol. The fourth-order valence-electron chi connectivity index (χ4n) is 3.14. The molecular formula is C23H23F4N3O3. The molecule has 0 spiro atoms. The number of aromatic nitrogens is 2. The molecular weight excluding hydrogens is 442 g/mol. The Morgan fingerprint density at radius 3 is 2.58 bits per heavy atom. The Bertz CT molecular complexity index is 1110. The third-order valence-electron chi connectivity index (χ3n) is 4.80. The Kier molecular flexibility index (Phi) is 7.57. The molecule has 1 aromatic heterocycles. The van der Waals surface area contributed by atoms with E-state index in [1.54, 1.807) is 18.2 Å². The summed E-state index contributed by atoms with van der Waals surface area (Å²) in [6.45, 7) is 2.50. The Morgan fingerprint density at radius 2 is 1.91 bits per heavy atom. The van der Waals surface area contributed by atoms with E-state index in [0.29, 0.717) is 28.4 Å². The predicted molar refractivity (Wildman–Crippen MR) is 113 cm³/mol. The number of nitrogens with one attached hydrogen (secondary N) is 1. The van der Waals surface area contributed by atoms with E-state index in [2.05, 4.69) is 10.4 Å². The quantitative estimate of drug-likeness (QED) is 0.351. The van der Waals surface area contributed by atoms with Crippen molar-refractivity contribution >= 4 is 5.91 Å². The first kappa shape index (κ1) is 24.1. The van der Waals surface area contributed by atoms with Gasteiger partial charge in [0.15, 0.2) is 17.2 Å². The van der Waals surface area contributed by atoms with Gasteiger partial charge in [-0.15, -0.1) is 0 Å². The average Bonchev–Trinajstić information content (AvgIpc) is 3.24. The topological polar surface area (TPSA) is 65.4 Å². The lowest BCUT2D eigenvalue weighted by atomic mass is 10.1. The first-order valence-electron chi connectivity index (χ1n) is 10.2. The van der Waals surface area contributed by atoms with Crippen molar-refractivity contribution in [2.45, 2.75) is 32.5 Å². The molecule has 1 amide bonds. The van der Waals surface area contributed by atoms with Crippen molar-refractivity contribution in [3.05, 3.63) is 71.3 Å². The number of unbranched alkanes of at least 4 members (excludes halogenated alkanes) is 1. The number of benzene rings is 2. The Hall–Kier alpha value is -3.56. The van der Waals surface area contributed by atoms with E-state index in [0.717, 1.165) is 31.2 Å². The average molecular weight is 465 g/mol. The molecule has 0 aliphatic carbocycles. The van der Waals surface area contributed by atoms with Crippen molar-refractivity contribution < 1.29 is 31.8 Å². The molecule has 0 radical (unpaired) electrons. The molecule has 2 aromatic carbocycles. The molecule has 33 heavy (non-hydrogen) atoms. The maximum absolute atomic E-state index is 14.1. The van der Waals surface area contributed by atoms with Crippen LogP contribution in [0, 0.1) is 5.82 Å². The number of hydrogen-bond acceptors (Lipinski definition) is 4. The molecule has 3 rings (SSSR count).